The van der Waals surface area contributed by atoms with Crippen LogP contribution in [0.2, 0.25) is 0 Å². The van der Waals surface area contributed by atoms with Crippen molar-refractivity contribution in [2.45, 2.75) is 12.2 Å². The highest BCUT2D eigenvalue weighted by atomic mass is 79.9. The summed E-state index contributed by atoms with van der Waals surface area (Å²) in [5, 5.41) is 10.1. The van der Waals surface area contributed by atoms with E-state index in [0.29, 0.717) is 4.47 Å². The lowest BCUT2D eigenvalue weighted by molar-refractivity contribution is -0.115. The van der Waals surface area contributed by atoms with Gasteiger partial charge in [0.25, 0.3) is 0 Å². The van der Waals surface area contributed by atoms with Crippen molar-refractivity contribution in [2.24, 2.45) is 0 Å². The molecule has 1 unspecified atom stereocenters. The highest BCUT2D eigenvalue weighted by Crippen LogP contribution is 2.21. The van der Waals surface area contributed by atoms with E-state index in [1.54, 1.807) is 0 Å². The molecule has 1 aromatic rings. The molecule has 104 valence electrons. The molecule has 0 saturated heterocycles. The first kappa shape index (κ1) is 15.6. The number of nitrogens with one attached hydrogen (secondary N) is 1. The molecule has 19 heavy (non-hydrogen) atoms. The van der Waals surface area contributed by atoms with Crippen molar-refractivity contribution >= 4 is 43.3 Å². The molecular formula is C11H12BrNO5S. The standard InChI is InChI=1S/C11H12BrNO5S/c1-6(19(2,17)18)10(14)13-7-3-4-9(12)8(5-7)11(15)16/h3-6H,1-2H3,(H,13,14)(H,15,16). The first-order valence-corrected chi connectivity index (χ1v) is 7.90. The maximum Gasteiger partial charge on any atom is 0.336 e. The van der Waals surface area contributed by atoms with Crippen molar-refractivity contribution in [2.75, 3.05) is 11.6 Å². The number of halogens is 1. The Balaban J connectivity index is 2.98. The van der Waals surface area contributed by atoms with E-state index >= 15 is 0 Å². The van der Waals surface area contributed by atoms with Gasteiger partial charge in [-0.2, -0.15) is 0 Å². The Morgan fingerprint density at radius 3 is 2.42 bits per heavy atom. The van der Waals surface area contributed by atoms with E-state index in [0.717, 1.165) is 6.26 Å². The van der Waals surface area contributed by atoms with Gasteiger partial charge in [0.15, 0.2) is 9.84 Å². The minimum Gasteiger partial charge on any atom is -0.478 e. The molecule has 0 saturated carbocycles. The second-order valence-electron chi connectivity index (χ2n) is 3.96. The van der Waals surface area contributed by atoms with Crippen molar-refractivity contribution in [1.82, 2.24) is 0 Å². The van der Waals surface area contributed by atoms with E-state index in [4.69, 9.17) is 5.11 Å². The number of sulfone groups is 1. The van der Waals surface area contributed by atoms with Gasteiger partial charge in [-0.25, -0.2) is 13.2 Å². The van der Waals surface area contributed by atoms with Crippen LogP contribution in [0.1, 0.15) is 17.3 Å². The lowest BCUT2D eigenvalue weighted by Crippen LogP contribution is -2.31. The van der Waals surface area contributed by atoms with Crippen LogP contribution < -0.4 is 5.32 Å². The molecule has 0 radical (unpaired) electrons. The van der Waals surface area contributed by atoms with Crippen LogP contribution in [0.4, 0.5) is 5.69 Å². The van der Waals surface area contributed by atoms with Crippen molar-refractivity contribution in [1.29, 1.82) is 0 Å². The summed E-state index contributed by atoms with van der Waals surface area (Å²) in [6, 6.07) is 4.19. The highest BCUT2D eigenvalue weighted by Gasteiger charge is 2.23. The molecule has 0 aromatic heterocycles. The van der Waals surface area contributed by atoms with E-state index in [9.17, 15) is 18.0 Å². The SMILES string of the molecule is CC(C(=O)Nc1ccc(Br)c(C(=O)O)c1)S(C)(=O)=O. The van der Waals surface area contributed by atoms with Gasteiger partial charge in [0.1, 0.15) is 5.25 Å². The van der Waals surface area contributed by atoms with Gasteiger partial charge in [-0.05, 0) is 41.1 Å². The molecule has 0 bridgehead atoms. The van der Waals surface area contributed by atoms with Gasteiger partial charge in [0.2, 0.25) is 5.91 Å². The minimum absolute atomic E-state index is 0.0233. The maximum absolute atomic E-state index is 11.7. The number of aromatic carboxylic acids is 1. The number of carbonyl (C=O) groups excluding carboxylic acids is 1. The van der Waals surface area contributed by atoms with Crippen LogP contribution >= 0.6 is 15.9 Å². The molecule has 8 heteroatoms. The van der Waals surface area contributed by atoms with Gasteiger partial charge in [-0.15, -0.1) is 0 Å². The van der Waals surface area contributed by atoms with Crippen molar-refractivity contribution in [3.63, 3.8) is 0 Å². The molecule has 6 nitrogen and oxygen atoms in total. The zero-order valence-corrected chi connectivity index (χ0v) is 12.6. The second kappa shape index (κ2) is 5.70. The number of anilines is 1. The van der Waals surface area contributed by atoms with Crippen LogP contribution in [0.3, 0.4) is 0 Å². The minimum atomic E-state index is -3.49. The zero-order valence-electron chi connectivity index (χ0n) is 10.2. The maximum atomic E-state index is 11.7. The molecule has 1 rings (SSSR count). The second-order valence-corrected chi connectivity index (χ2v) is 7.18. The van der Waals surface area contributed by atoms with Gasteiger partial charge < -0.3 is 10.4 Å². The van der Waals surface area contributed by atoms with E-state index in [2.05, 4.69) is 21.2 Å². The number of hydrogen-bond acceptors (Lipinski definition) is 4. The van der Waals surface area contributed by atoms with Crippen LogP contribution in [0.25, 0.3) is 0 Å². The summed E-state index contributed by atoms with van der Waals surface area (Å²) in [6.07, 6.45) is 0.960. The molecule has 0 heterocycles. The van der Waals surface area contributed by atoms with E-state index in [1.807, 2.05) is 0 Å². The monoisotopic (exact) mass is 349 g/mol. The summed E-state index contributed by atoms with van der Waals surface area (Å²) in [5.41, 5.74) is 0.200. The molecule has 0 aliphatic heterocycles. The summed E-state index contributed by atoms with van der Waals surface area (Å²) in [6.45, 7) is 1.27. The summed E-state index contributed by atoms with van der Waals surface area (Å²) in [7, 11) is -3.49. The number of benzene rings is 1. The molecule has 2 N–H and O–H groups in total. The lowest BCUT2D eigenvalue weighted by Gasteiger charge is -2.11. The van der Waals surface area contributed by atoms with Crippen LogP contribution in [-0.2, 0) is 14.6 Å². The zero-order chi connectivity index (χ0) is 14.8. The Morgan fingerprint density at radius 2 is 1.95 bits per heavy atom. The Hall–Kier alpha value is -1.41. The Morgan fingerprint density at radius 1 is 1.37 bits per heavy atom. The Labute approximate surface area is 118 Å². The van der Waals surface area contributed by atoms with Crippen molar-refractivity contribution in [3.8, 4) is 0 Å². The van der Waals surface area contributed by atoms with E-state index < -0.39 is 27.0 Å². The molecule has 0 aliphatic carbocycles. The largest absolute Gasteiger partial charge is 0.478 e. The fraction of sp³-hybridized carbons (Fsp3) is 0.273. The molecule has 0 fully saturated rings. The van der Waals surface area contributed by atoms with Crippen molar-refractivity contribution in [3.05, 3.63) is 28.2 Å². The molecule has 0 spiro atoms. The fourth-order valence-electron chi connectivity index (χ4n) is 1.21. The third-order valence-electron chi connectivity index (χ3n) is 2.48. The highest BCUT2D eigenvalue weighted by molar-refractivity contribution is 9.10. The fourth-order valence-corrected chi connectivity index (χ4v) is 2.07. The lowest BCUT2D eigenvalue weighted by atomic mass is 10.2. The van der Waals surface area contributed by atoms with Crippen LogP contribution in [0.15, 0.2) is 22.7 Å². The summed E-state index contributed by atoms with van der Waals surface area (Å²) in [5.74, 6) is -1.86. The Kier molecular flexibility index (Phi) is 4.70. The van der Waals surface area contributed by atoms with Crippen molar-refractivity contribution < 1.29 is 23.1 Å². The van der Waals surface area contributed by atoms with Crippen LogP contribution in [0.5, 0.6) is 0 Å². The molecular weight excluding hydrogens is 338 g/mol. The van der Waals surface area contributed by atoms with Gasteiger partial charge in [0, 0.05) is 16.4 Å². The topological polar surface area (TPSA) is 101 Å². The third kappa shape index (κ3) is 4.03. The normalized spacial score (nSPS) is 12.8. The quantitative estimate of drug-likeness (QED) is 0.858. The molecule has 1 amide bonds. The van der Waals surface area contributed by atoms with Gasteiger partial charge >= 0.3 is 5.97 Å². The number of carboxylic acids is 1. The van der Waals surface area contributed by atoms with Crippen LogP contribution in [-0.4, -0.2) is 36.9 Å². The summed E-state index contributed by atoms with van der Waals surface area (Å²) >= 11 is 3.07. The number of carbonyl (C=O) groups is 2. The molecule has 1 atom stereocenters. The number of amides is 1. The smallest absolute Gasteiger partial charge is 0.336 e. The van der Waals surface area contributed by atoms with Gasteiger partial charge in [-0.1, -0.05) is 0 Å². The van der Waals surface area contributed by atoms with Gasteiger partial charge in [0.05, 0.1) is 5.56 Å². The van der Waals surface area contributed by atoms with Gasteiger partial charge in [-0.3, -0.25) is 4.79 Å². The molecule has 0 aliphatic rings. The predicted octanol–water partition coefficient (Wildman–Crippen LogP) is 1.52. The average molecular weight is 350 g/mol. The summed E-state index contributed by atoms with van der Waals surface area (Å²) in [4.78, 5) is 22.6. The number of rotatable bonds is 4. The average Bonchev–Trinajstić information content (AvgIpc) is 2.29. The van der Waals surface area contributed by atoms with E-state index in [-0.39, 0.29) is 11.3 Å². The van der Waals surface area contributed by atoms with Crippen LogP contribution in [0, 0.1) is 0 Å². The Bertz CT molecular complexity index is 626. The predicted molar refractivity (Wildman–Crippen MR) is 74.0 cm³/mol. The third-order valence-corrected chi connectivity index (χ3v) is 4.67. The summed E-state index contributed by atoms with van der Waals surface area (Å²) < 4.78 is 22.8. The number of carboxylic acid groups (broad SMARTS) is 1. The first-order chi connectivity index (χ1) is 8.62. The first-order valence-electron chi connectivity index (χ1n) is 5.15. The number of hydrogen-bond donors (Lipinski definition) is 2. The van der Waals surface area contributed by atoms with E-state index in [1.165, 1.54) is 25.1 Å². The molecule has 1 aromatic carbocycles.